The fraction of sp³-hybridized carbons (Fsp3) is 0.625. The van der Waals surface area contributed by atoms with Gasteiger partial charge in [-0.1, -0.05) is 15.9 Å². The summed E-state index contributed by atoms with van der Waals surface area (Å²) in [5.74, 6) is 2.46. The van der Waals surface area contributed by atoms with Crippen LogP contribution in [-0.4, -0.2) is 37.7 Å². The van der Waals surface area contributed by atoms with Gasteiger partial charge in [-0.25, -0.2) is 0 Å². The quantitative estimate of drug-likeness (QED) is 0.856. The predicted molar refractivity (Wildman–Crippen MR) is 94.1 cm³/mol. The van der Waals surface area contributed by atoms with Crippen molar-refractivity contribution in [2.75, 3.05) is 32.8 Å². The molecule has 22 heavy (non-hydrogen) atoms. The Kier molecular flexibility index (Phi) is 6.81. The molecule has 1 atom stereocenters. The number of fused-ring (bicyclic) bond motifs is 1. The molecule has 0 spiro atoms. The average molecular weight is 392 g/mol. The van der Waals surface area contributed by atoms with Crippen molar-refractivity contribution >= 4 is 28.3 Å². The minimum absolute atomic E-state index is 0. The fourth-order valence-electron chi connectivity index (χ4n) is 3.23. The van der Waals surface area contributed by atoms with E-state index < -0.39 is 0 Å². The van der Waals surface area contributed by atoms with Crippen LogP contribution in [0, 0.1) is 5.92 Å². The molecule has 1 unspecified atom stereocenters. The molecule has 1 aromatic carbocycles. The molecule has 1 saturated heterocycles. The summed E-state index contributed by atoms with van der Waals surface area (Å²) < 4.78 is 12.4. The lowest BCUT2D eigenvalue weighted by Gasteiger charge is -2.33. The van der Waals surface area contributed by atoms with Crippen LogP contribution in [0.4, 0.5) is 0 Å². The summed E-state index contributed by atoms with van der Waals surface area (Å²) in [4.78, 5) is 2.53. The summed E-state index contributed by atoms with van der Waals surface area (Å²) in [6, 6.07) is 4.15. The number of halogens is 2. The molecule has 0 aliphatic carbocycles. The van der Waals surface area contributed by atoms with Gasteiger partial charge >= 0.3 is 0 Å². The van der Waals surface area contributed by atoms with Crippen molar-refractivity contribution in [3.05, 3.63) is 22.2 Å². The predicted octanol–water partition coefficient (Wildman–Crippen LogP) is 3.20. The molecule has 124 valence electrons. The molecule has 4 nitrogen and oxygen atoms in total. The van der Waals surface area contributed by atoms with Crippen LogP contribution < -0.4 is 15.2 Å². The first-order valence-corrected chi connectivity index (χ1v) is 8.56. The Morgan fingerprint density at radius 1 is 1.23 bits per heavy atom. The molecule has 2 heterocycles. The lowest BCUT2D eigenvalue weighted by atomic mass is 9.94. The van der Waals surface area contributed by atoms with Gasteiger partial charge in [0.15, 0.2) is 11.5 Å². The monoisotopic (exact) mass is 390 g/mol. The van der Waals surface area contributed by atoms with E-state index >= 15 is 0 Å². The van der Waals surface area contributed by atoms with E-state index in [0.717, 1.165) is 47.9 Å². The molecule has 0 saturated carbocycles. The molecule has 0 radical (unpaired) electrons. The molecule has 0 bridgehead atoms. The summed E-state index contributed by atoms with van der Waals surface area (Å²) in [5.41, 5.74) is 6.97. The number of benzene rings is 1. The van der Waals surface area contributed by atoms with E-state index in [-0.39, 0.29) is 12.4 Å². The van der Waals surface area contributed by atoms with Crippen LogP contribution in [0.5, 0.6) is 11.5 Å². The van der Waals surface area contributed by atoms with E-state index in [1.165, 1.54) is 24.9 Å². The van der Waals surface area contributed by atoms with E-state index in [1.807, 2.05) is 6.07 Å². The highest BCUT2D eigenvalue weighted by Crippen LogP contribution is 2.36. The lowest BCUT2D eigenvalue weighted by molar-refractivity contribution is 0.160. The fourth-order valence-corrected chi connectivity index (χ4v) is 3.68. The van der Waals surface area contributed by atoms with E-state index in [0.29, 0.717) is 13.2 Å². The van der Waals surface area contributed by atoms with E-state index in [2.05, 4.69) is 26.9 Å². The third kappa shape index (κ3) is 4.28. The minimum atomic E-state index is 0. The zero-order chi connectivity index (χ0) is 14.7. The number of rotatable bonds is 4. The van der Waals surface area contributed by atoms with Crippen LogP contribution in [0.25, 0.3) is 0 Å². The molecule has 2 aliphatic rings. The van der Waals surface area contributed by atoms with E-state index in [9.17, 15) is 0 Å². The smallest absolute Gasteiger partial charge is 0.162 e. The van der Waals surface area contributed by atoms with Gasteiger partial charge in [0.05, 0.1) is 0 Å². The van der Waals surface area contributed by atoms with Crippen LogP contribution in [0.2, 0.25) is 0 Å². The Morgan fingerprint density at radius 2 is 1.95 bits per heavy atom. The molecule has 6 heteroatoms. The van der Waals surface area contributed by atoms with Crippen molar-refractivity contribution in [2.24, 2.45) is 11.7 Å². The highest BCUT2D eigenvalue weighted by molar-refractivity contribution is 9.10. The third-order valence-corrected chi connectivity index (χ3v) is 5.02. The van der Waals surface area contributed by atoms with Crippen LogP contribution in [0.1, 0.15) is 24.8 Å². The Labute approximate surface area is 146 Å². The second kappa shape index (κ2) is 8.39. The minimum Gasteiger partial charge on any atom is -0.486 e. The molecule has 0 amide bonds. The van der Waals surface area contributed by atoms with E-state index in [1.54, 1.807) is 0 Å². The second-order valence-electron chi connectivity index (χ2n) is 5.91. The summed E-state index contributed by atoms with van der Waals surface area (Å²) in [6.45, 7) is 5.34. The number of nitrogens with two attached hydrogens (primary N) is 1. The maximum absolute atomic E-state index is 5.70. The highest BCUT2D eigenvalue weighted by Gasteiger charge is 2.21. The maximum Gasteiger partial charge on any atom is 0.162 e. The number of likely N-dealkylation sites (tertiary alicyclic amines) is 1. The Balaban J connectivity index is 0.00000176. The van der Waals surface area contributed by atoms with Gasteiger partial charge in [0.2, 0.25) is 0 Å². The first-order valence-electron chi connectivity index (χ1n) is 7.76. The molecule has 0 aromatic heterocycles. The van der Waals surface area contributed by atoms with Gasteiger partial charge in [0, 0.05) is 17.6 Å². The van der Waals surface area contributed by atoms with Gasteiger partial charge in [-0.3, -0.25) is 4.90 Å². The first-order chi connectivity index (χ1) is 10.3. The Hall–Kier alpha value is -0.490. The molecular weight excluding hydrogens is 368 g/mol. The summed E-state index contributed by atoms with van der Waals surface area (Å²) in [5, 5.41) is 0. The summed E-state index contributed by atoms with van der Waals surface area (Å²) in [6.07, 6.45) is 3.72. The standard InChI is InChI=1S/C16H23BrN2O2.ClH/c17-14-9-16-15(20-6-7-21-16)8-13(14)11-19-5-1-2-12(10-19)3-4-18;/h8-9,12H,1-7,10-11,18H2;1H. The molecular formula is C16H24BrClN2O2. The van der Waals surface area contributed by atoms with Crippen molar-refractivity contribution in [2.45, 2.75) is 25.8 Å². The number of ether oxygens (including phenoxy) is 2. The second-order valence-corrected chi connectivity index (χ2v) is 6.76. The molecule has 3 rings (SSSR count). The SMILES string of the molecule is Cl.NCCC1CCCN(Cc2cc3c(cc2Br)OCCO3)C1. The van der Waals surface area contributed by atoms with Crippen LogP contribution in [0.15, 0.2) is 16.6 Å². The van der Waals surface area contributed by atoms with Gasteiger partial charge in [-0.2, -0.15) is 0 Å². The highest BCUT2D eigenvalue weighted by atomic mass is 79.9. The van der Waals surface area contributed by atoms with Crippen LogP contribution in [0.3, 0.4) is 0 Å². The first kappa shape index (κ1) is 17.9. The van der Waals surface area contributed by atoms with Crippen molar-refractivity contribution in [1.82, 2.24) is 4.90 Å². The third-order valence-electron chi connectivity index (χ3n) is 4.28. The van der Waals surface area contributed by atoms with Gasteiger partial charge in [0.25, 0.3) is 0 Å². The normalized spacial score (nSPS) is 21.3. The van der Waals surface area contributed by atoms with Gasteiger partial charge in [-0.05, 0) is 56.0 Å². The summed E-state index contributed by atoms with van der Waals surface area (Å²) in [7, 11) is 0. The Bertz CT molecular complexity index is 499. The maximum atomic E-state index is 5.70. The Morgan fingerprint density at radius 3 is 2.68 bits per heavy atom. The van der Waals surface area contributed by atoms with Crippen molar-refractivity contribution in [3.8, 4) is 11.5 Å². The van der Waals surface area contributed by atoms with Crippen molar-refractivity contribution < 1.29 is 9.47 Å². The number of nitrogens with zero attached hydrogens (tertiary/aromatic N) is 1. The summed E-state index contributed by atoms with van der Waals surface area (Å²) >= 11 is 3.67. The lowest BCUT2D eigenvalue weighted by Crippen LogP contribution is -2.35. The van der Waals surface area contributed by atoms with Crippen LogP contribution in [-0.2, 0) is 6.54 Å². The van der Waals surface area contributed by atoms with Crippen molar-refractivity contribution in [3.63, 3.8) is 0 Å². The molecule has 1 fully saturated rings. The number of hydrogen-bond donors (Lipinski definition) is 1. The largest absolute Gasteiger partial charge is 0.486 e. The molecule has 2 aliphatic heterocycles. The topological polar surface area (TPSA) is 47.7 Å². The van der Waals surface area contributed by atoms with Crippen LogP contribution >= 0.6 is 28.3 Å². The zero-order valence-corrected chi connectivity index (χ0v) is 15.1. The molecule has 2 N–H and O–H groups in total. The van der Waals surface area contributed by atoms with E-state index in [4.69, 9.17) is 15.2 Å². The number of piperidine rings is 1. The number of hydrogen-bond acceptors (Lipinski definition) is 4. The zero-order valence-electron chi connectivity index (χ0n) is 12.7. The molecule has 1 aromatic rings. The van der Waals surface area contributed by atoms with Gasteiger partial charge < -0.3 is 15.2 Å². The van der Waals surface area contributed by atoms with Gasteiger partial charge in [-0.15, -0.1) is 12.4 Å². The average Bonchev–Trinajstić information content (AvgIpc) is 2.49. The van der Waals surface area contributed by atoms with Gasteiger partial charge in [0.1, 0.15) is 13.2 Å². The van der Waals surface area contributed by atoms with Crippen molar-refractivity contribution in [1.29, 1.82) is 0 Å².